The normalized spacial score (nSPS) is 12.9. The molecular weight excluding hydrogens is 381 g/mol. The Hall–Kier alpha value is -2.47. The molecule has 0 aliphatic rings. The summed E-state index contributed by atoms with van der Waals surface area (Å²) in [5, 5.41) is 11.2. The highest BCUT2D eigenvalue weighted by atomic mass is 31.1. The Morgan fingerprint density at radius 1 is 1.00 bits per heavy atom. The molecule has 0 bridgehead atoms. The zero-order chi connectivity index (χ0) is 20.2. The molecule has 28 heavy (non-hydrogen) atoms. The van der Waals surface area contributed by atoms with Crippen LogP contribution in [-0.2, 0) is 36.4 Å². The topological polar surface area (TPSA) is 102 Å². The lowest BCUT2D eigenvalue weighted by Gasteiger charge is -2.17. The summed E-state index contributed by atoms with van der Waals surface area (Å²) in [6.07, 6.45) is -1.05. The Labute approximate surface area is 164 Å². The van der Waals surface area contributed by atoms with Gasteiger partial charge in [-0.1, -0.05) is 60.7 Å². The number of benzene rings is 2. The summed E-state index contributed by atoms with van der Waals surface area (Å²) in [6, 6.07) is 18.7. The molecule has 2 aromatic carbocycles. The molecule has 0 radical (unpaired) electrons. The van der Waals surface area contributed by atoms with Crippen molar-refractivity contribution in [3.05, 3.63) is 71.8 Å². The van der Waals surface area contributed by atoms with Gasteiger partial charge in [-0.25, -0.2) is 0 Å². The van der Waals surface area contributed by atoms with Crippen molar-refractivity contribution >= 4 is 19.9 Å². The summed E-state index contributed by atoms with van der Waals surface area (Å²) in [7, 11) is -2.61. The van der Waals surface area contributed by atoms with E-state index < -0.39 is 26.0 Å². The second kappa shape index (κ2) is 12.1. The Balaban J connectivity index is 1.88. The van der Waals surface area contributed by atoms with E-state index in [1.807, 2.05) is 60.7 Å². The first kappa shape index (κ1) is 21.8. The second-order valence-electron chi connectivity index (χ2n) is 6.08. The molecule has 0 spiro atoms. The van der Waals surface area contributed by atoms with Crippen molar-refractivity contribution in [1.82, 2.24) is 5.32 Å². The van der Waals surface area contributed by atoms with Crippen molar-refractivity contribution in [2.24, 2.45) is 0 Å². The van der Waals surface area contributed by atoms with Crippen LogP contribution in [0, 0.1) is 0 Å². The molecule has 0 fully saturated rings. The summed E-state index contributed by atoms with van der Waals surface area (Å²) in [5.41, 5.74) is 1.80. The second-order valence-corrected chi connectivity index (χ2v) is 7.35. The molecule has 1 amide bonds. The molecule has 0 heterocycles. The van der Waals surface area contributed by atoms with E-state index in [2.05, 4.69) is 5.32 Å². The number of hydrogen-bond acceptors (Lipinski definition) is 5. The highest BCUT2D eigenvalue weighted by Gasteiger charge is 2.22. The minimum Gasteiger partial charge on any atom is -0.481 e. The van der Waals surface area contributed by atoms with E-state index >= 15 is 0 Å². The Bertz CT molecular complexity index is 769. The molecule has 7 nitrogen and oxygen atoms in total. The van der Waals surface area contributed by atoms with Crippen LogP contribution >= 0.6 is 8.03 Å². The lowest BCUT2D eigenvalue weighted by Crippen LogP contribution is -2.38. The van der Waals surface area contributed by atoms with Gasteiger partial charge >= 0.3 is 5.97 Å². The molecule has 8 heteroatoms. The van der Waals surface area contributed by atoms with Gasteiger partial charge in [0.25, 0.3) is 0 Å². The van der Waals surface area contributed by atoms with E-state index in [4.69, 9.17) is 14.4 Å². The fourth-order valence-corrected chi connectivity index (χ4v) is 3.29. The van der Waals surface area contributed by atoms with E-state index in [1.165, 1.54) is 0 Å². The van der Waals surface area contributed by atoms with Crippen LogP contribution < -0.4 is 5.32 Å². The van der Waals surface area contributed by atoms with E-state index in [-0.39, 0.29) is 25.7 Å². The Morgan fingerprint density at radius 3 is 2.21 bits per heavy atom. The molecule has 150 valence electrons. The van der Waals surface area contributed by atoms with Crippen LogP contribution in [0.5, 0.6) is 0 Å². The van der Waals surface area contributed by atoms with E-state index in [0.717, 1.165) is 11.1 Å². The number of rotatable bonds is 12. The van der Waals surface area contributed by atoms with Crippen LogP contribution in [-0.4, -0.2) is 36.0 Å². The van der Waals surface area contributed by atoms with E-state index in [1.54, 1.807) is 0 Å². The number of carbonyl (C=O) groups excluding carboxylic acids is 1. The monoisotopic (exact) mass is 405 g/mol. The van der Waals surface area contributed by atoms with Gasteiger partial charge in [0.05, 0.1) is 13.0 Å². The molecule has 1 unspecified atom stereocenters. The van der Waals surface area contributed by atoms with Gasteiger partial charge in [-0.3, -0.25) is 14.2 Å². The van der Waals surface area contributed by atoms with Crippen LogP contribution in [0.1, 0.15) is 17.5 Å². The minimum atomic E-state index is -2.61. The van der Waals surface area contributed by atoms with Crippen molar-refractivity contribution in [2.45, 2.75) is 25.6 Å². The molecule has 2 atom stereocenters. The lowest BCUT2D eigenvalue weighted by atomic mass is 10.1. The molecule has 2 rings (SSSR count). The first-order valence-electron chi connectivity index (χ1n) is 8.89. The predicted molar refractivity (Wildman–Crippen MR) is 105 cm³/mol. The minimum absolute atomic E-state index is 0.0196. The van der Waals surface area contributed by atoms with Gasteiger partial charge in [0.2, 0.25) is 13.9 Å². The van der Waals surface area contributed by atoms with E-state index in [0.29, 0.717) is 6.61 Å². The first-order chi connectivity index (χ1) is 13.5. The average Bonchev–Trinajstić information content (AvgIpc) is 2.69. The quantitative estimate of drug-likeness (QED) is 0.527. The zero-order valence-corrected chi connectivity index (χ0v) is 16.4. The number of carbonyl (C=O) groups is 2. The summed E-state index contributed by atoms with van der Waals surface area (Å²) in [4.78, 5) is 23.0. The van der Waals surface area contributed by atoms with Crippen LogP contribution in [0.3, 0.4) is 0 Å². The maximum atomic E-state index is 12.4. The zero-order valence-electron chi connectivity index (χ0n) is 15.4. The summed E-state index contributed by atoms with van der Waals surface area (Å²) < 4.78 is 23.2. The predicted octanol–water partition coefficient (Wildman–Crippen LogP) is 2.85. The summed E-state index contributed by atoms with van der Waals surface area (Å²) in [5.74, 6) is -1.50. The standard InChI is InChI=1S/C20H24NO6P/c22-19(23)11-12-21-20(24)18(13-16-7-3-1-4-8-16)27-28(25)15-26-14-17-9-5-2-6-10-17/h1-10,18,28H,11-15H2,(H,21,24)(H,22,23)/t18-/m0/s1. The van der Waals surface area contributed by atoms with Gasteiger partial charge < -0.3 is 19.7 Å². The molecule has 2 aromatic rings. The first-order valence-corrected chi connectivity index (χ1v) is 10.4. The van der Waals surface area contributed by atoms with Gasteiger partial charge in [0, 0.05) is 13.0 Å². The van der Waals surface area contributed by atoms with Crippen LogP contribution in [0.2, 0.25) is 0 Å². The number of carboxylic acid groups (broad SMARTS) is 1. The van der Waals surface area contributed by atoms with Gasteiger partial charge in [0.1, 0.15) is 12.5 Å². The van der Waals surface area contributed by atoms with Gasteiger partial charge in [-0.15, -0.1) is 0 Å². The highest BCUT2D eigenvalue weighted by Crippen LogP contribution is 2.26. The maximum absolute atomic E-state index is 12.4. The van der Waals surface area contributed by atoms with Crippen molar-refractivity contribution in [3.63, 3.8) is 0 Å². The average molecular weight is 405 g/mol. The highest BCUT2D eigenvalue weighted by molar-refractivity contribution is 7.38. The molecular formula is C20H24NO6P. The molecule has 0 aliphatic heterocycles. The fraction of sp³-hybridized carbons (Fsp3) is 0.300. The summed E-state index contributed by atoms with van der Waals surface area (Å²) >= 11 is 0. The van der Waals surface area contributed by atoms with Crippen LogP contribution in [0.15, 0.2) is 60.7 Å². The number of ether oxygens (including phenoxy) is 1. The lowest BCUT2D eigenvalue weighted by molar-refractivity contribution is -0.137. The number of nitrogens with one attached hydrogen (secondary N) is 1. The van der Waals surface area contributed by atoms with Crippen molar-refractivity contribution < 1.29 is 28.5 Å². The van der Waals surface area contributed by atoms with Gasteiger partial charge in [-0.2, -0.15) is 0 Å². The Kier molecular flexibility index (Phi) is 9.42. The third-order valence-corrected chi connectivity index (χ3v) is 4.79. The number of carboxylic acids is 1. The number of hydrogen-bond donors (Lipinski definition) is 2. The smallest absolute Gasteiger partial charge is 0.305 e. The SMILES string of the molecule is O=C(O)CCNC(=O)[C@H](Cc1ccccc1)O[PH](=O)COCc1ccccc1. The van der Waals surface area contributed by atoms with Crippen molar-refractivity contribution in [2.75, 3.05) is 12.9 Å². The fourth-order valence-electron chi connectivity index (χ4n) is 2.44. The molecule has 0 saturated carbocycles. The van der Waals surface area contributed by atoms with Crippen molar-refractivity contribution in [1.29, 1.82) is 0 Å². The van der Waals surface area contributed by atoms with E-state index in [9.17, 15) is 14.2 Å². The third-order valence-electron chi connectivity index (χ3n) is 3.80. The Morgan fingerprint density at radius 2 is 1.61 bits per heavy atom. The number of amides is 1. The number of aliphatic carboxylic acids is 1. The van der Waals surface area contributed by atoms with Gasteiger partial charge in [0.15, 0.2) is 0 Å². The maximum Gasteiger partial charge on any atom is 0.305 e. The van der Waals surface area contributed by atoms with Crippen LogP contribution in [0.4, 0.5) is 0 Å². The molecule has 0 saturated heterocycles. The van der Waals surface area contributed by atoms with Gasteiger partial charge in [-0.05, 0) is 11.1 Å². The molecule has 0 aliphatic carbocycles. The van der Waals surface area contributed by atoms with Crippen LogP contribution in [0.25, 0.3) is 0 Å². The largest absolute Gasteiger partial charge is 0.481 e. The summed E-state index contributed by atoms with van der Waals surface area (Å²) in [6.45, 7) is 0.281. The molecule has 0 aromatic heterocycles. The molecule has 2 N–H and O–H groups in total. The van der Waals surface area contributed by atoms with Crippen molar-refractivity contribution in [3.8, 4) is 0 Å². The third kappa shape index (κ3) is 8.48.